The minimum Gasteiger partial charge on any atom is -0.486 e. The molecule has 2 heterocycles. The molecule has 0 bridgehead atoms. The van der Waals surface area contributed by atoms with Gasteiger partial charge in [0.1, 0.15) is 30.5 Å². The number of aromatic nitrogens is 2. The summed E-state index contributed by atoms with van der Waals surface area (Å²) in [4.78, 5) is 4.57. The summed E-state index contributed by atoms with van der Waals surface area (Å²) in [5, 5.41) is 0.518. The van der Waals surface area contributed by atoms with Gasteiger partial charge in [-0.25, -0.2) is 4.98 Å². The van der Waals surface area contributed by atoms with Crippen molar-refractivity contribution in [3.8, 4) is 22.8 Å². The fourth-order valence-corrected chi connectivity index (χ4v) is 2.81. The second-order valence-electron chi connectivity index (χ2n) is 5.03. The molecule has 0 unspecified atom stereocenters. The summed E-state index contributed by atoms with van der Waals surface area (Å²) in [7, 11) is 0. The van der Waals surface area contributed by atoms with Gasteiger partial charge in [-0.3, -0.25) is 0 Å². The monoisotopic (exact) mass is 307 g/mol. The molecule has 1 aromatic carbocycles. The number of rotatable bonds is 3. The summed E-state index contributed by atoms with van der Waals surface area (Å²) in [5.41, 5.74) is 7.82. The van der Waals surface area contributed by atoms with Crippen molar-refractivity contribution in [1.29, 1.82) is 0 Å². The lowest BCUT2D eigenvalue weighted by Crippen LogP contribution is -2.15. The molecule has 3 rings (SSSR count). The number of anilines is 1. The van der Waals surface area contributed by atoms with Gasteiger partial charge in [-0.2, -0.15) is 0 Å². The Hall–Kier alpha value is -1.88. The summed E-state index contributed by atoms with van der Waals surface area (Å²) in [6.45, 7) is 5.95. The summed E-state index contributed by atoms with van der Waals surface area (Å²) in [6, 6.07) is 3.71. The number of nitrogens with two attached hydrogens (primary N) is 1. The van der Waals surface area contributed by atoms with Crippen LogP contribution in [-0.2, 0) is 6.54 Å². The predicted molar refractivity (Wildman–Crippen MR) is 83.1 cm³/mol. The van der Waals surface area contributed by atoms with Crippen LogP contribution in [0.25, 0.3) is 11.3 Å². The molecular weight excluding hydrogens is 290 g/mol. The molecule has 6 heteroatoms. The largest absolute Gasteiger partial charge is 0.486 e. The standard InChI is InChI=1S/C15H18ClN3O2/c1-3-4-19-9(2)18-13(15(19)17)10-7-11(16)14-12(8-10)20-5-6-21-14/h7-8H,3-6,17H2,1-2H3. The zero-order chi connectivity index (χ0) is 15.0. The van der Waals surface area contributed by atoms with Crippen molar-refractivity contribution in [2.45, 2.75) is 26.8 Å². The molecule has 0 amide bonds. The molecule has 0 saturated heterocycles. The predicted octanol–water partition coefficient (Wildman–Crippen LogP) is 3.28. The quantitative estimate of drug-likeness (QED) is 0.945. The number of benzene rings is 1. The fourth-order valence-electron chi connectivity index (χ4n) is 2.55. The van der Waals surface area contributed by atoms with Gasteiger partial charge in [-0.1, -0.05) is 18.5 Å². The Bertz CT molecular complexity index is 682. The summed E-state index contributed by atoms with van der Waals surface area (Å²) >= 11 is 6.28. The van der Waals surface area contributed by atoms with Crippen LogP contribution in [0.4, 0.5) is 5.82 Å². The number of hydrogen-bond acceptors (Lipinski definition) is 4. The van der Waals surface area contributed by atoms with E-state index >= 15 is 0 Å². The van der Waals surface area contributed by atoms with Crippen LogP contribution in [0, 0.1) is 6.92 Å². The Balaban J connectivity index is 2.09. The molecule has 0 fully saturated rings. The maximum atomic E-state index is 6.28. The molecule has 0 atom stereocenters. The number of ether oxygens (including phenoxy) is 2. The van der Waals surface area contributed by atoms with Crippen LogP contribution in [-0.4, -0.2) is 22.8 Å². The van der Waals surface area contributed by atoms with Crippen LogP contribution in [0.2, 0.25) is 5.02 Å². The molecule has 5 nitrogen and oxygen atoms in total. The Morgan fingerprint density at radius 3 is 2.86 bits per heavy atom. The summed E-state index contributed by atoms with van der Waals surface area (Å²) < 4.78 is 13.1. The van der Waals surface area contributed by atoms with E-state index in [1.54, 1.807) is 0 Å². The lowest BCUT2D eigenvalue weighted by molar-refractivity contribution is 0.172. The van der Waals surface area contributed by atoms with E-state index in [-0.39, 0.29) is 0 Å². The summed E-state index contributed by atoms with van der Waals surface area (Å²) in [5.74, 6) is 2.79. The highest BCUT2D eigenvalue weighted by Crippen LogP contribution is 2.41. The van der Waals surface area contributed by atoms with Crippen LogP contribution < -0.4 is 15.2 Å². The number of fused-ring (bicyclic) bond motifs is 1. The van der Waals surface area contributed by atoms with Gasteiger partial charge in [0, 0.05) is 12.1 Å². The molecule has 112 valence electrons. The number of aryl methyl sites for hydroxylation is 1. The Morgan fingerprint density at radius 2 is 2.10 bits per heavy atom. The third kappa shape index (κ3) is 2.42. The zero-order valence-electron chi connectivity index (χ0n) is 12.1. The molecular formula is C15H18ClN3O2. The molecule has 0 saturated carbocycles. The van der Waals surface area contributed by atoms with Crippen LogP contribution in [0.1, 0.15) is 19.2 Å². The first-order chi connectivity index (χ1) is 10.1. The van der Waals surface area contributed by atoms with E-state index in [2.05, 4.69) is 11.9 Å². The van der Waals surface area contributed by atoms with Crippen LogP contribution in [0.5, 0.6) is 11.5 Å². The smallest absolute Gasteiger partial charge is 0.179 e. The first-order valence-electron chi connectivity index (χ1n) is 7.04. The van der Waals surface area contributed by atoms with E-state index in [1.165, 1.54) is 0 Å². The highest BCUT2D eigenvalue weighted by atomic mass is 35.5. The molecule has 0 spiro atoms. The number of hydrogen-bond donors (Lipinski definition) is 1. The van der Waals surface area contributed by atoms with E-state index < -0.39 is 0 Å². The first-order valence-corrected chi connectivity index (χ1v) is 7.41. The van der Waals surface area contributed by atoms with Gasteiger partial charge in [-0.15, -0.1) is 0 Å². The van der Waals surface area contributed by atoms with Crippen molar-refractivity contribution in [3.63, 3.8) is 0 Å². The van der Waals surface area contributed by atoms with Gasteiger partial charge in [0.2, 0.25) is 0 Å². The average molecular weight is 308 g/mol. The highest BCUT2D eigenvalue weighted by molar-refractivity contribution is 6.32. The van der Waals surface area contributed by atoms with E-state index in [0.717, 1.165) is 30.0 Å². The van der Waals surface area contributed by atoms with Crippen LogP contribution in [0.3, 0.4) is 0 Å². The van der Waals surface area contributed by atoms with Crippen molar-refractivity contribution >= 4 is 17.4 Å². The fraction of sp³-hybridized carbons (Fsp3) is 0.400. The minimum atomic E-state index is 0.512. The molecule has 1 aliphatic rings. The zero-order valence-corrected chi connectivity index (χ0v) is 12.9. The van der Waals surface area contributed by atoms with Gasteiger partial charge in [-0.05, 0) is 25.5 Å². The highest BCUT2D eigenvalue weighted by Gasteiger charge is 2.20. The third-order valence-corrected chi connectivity index (χ3v) is 3.80. The van der Waals surface area contributed by atoms with E-state index in [0.29, 0.717) is 35.6 Å². The Kier molecular flexibility index (Phi) is 3.68. The number of nitrogens with zero attached hydrogens (tertiary/aromatic N) is 2. The number of imidazole rings is 1. The van der Waals surface area contributed by atoms with E-state index in [9.17, 15) is 0 Å². The van der Waals surface area contributed by atoms with Crippen LogP contribution in [0.15, 0.2) is 12.1 Å². The van der Waals surface area contributed by atoms with E-state index in [1.807, 2.05) is 23.6 Å². The number of halogens is 1. The third-order valence-electron chi connectivity index (χ3n) is 3.52. The van der Waals surface area contributed by atoms with Crippen LogP contribution >= 0.6 is 11.6 Å². The van der Waals surface area contributed by atoms with Gasteiger partial charge in [0.15, 0.2) is 11.5 Å². The maximum absolute atomic E-state index is 6.28. The van der Waals surface area contributed by atoms with Gasteiger partial charge < -0.3 is 19.8 Å². The molecule has 2 N–H and O–H groups in total. The topological polar surface area (TPSA) is 62.3 Å². The second kappa shape index (κ2) is 5.48. The number of nitrogen functional groups attached to an aromatic ring is 1. The molecule has 1 aliphatic heterocycles. The minimum absolute atomic E-state index is 0.512. The average Bonchev–Trinajstić information content (AvgIpc) is 2.76. The lowest BCUT2D eigenvalue weighted by Gasteiger charge is -2.20. The first kappa shape index (κ1) is 14.1. The van der Waals surface area contributed by atoms with Crippen molar-refractivity contribution in [3.05, 3.63) is 23.0 Å². The van der Waals surface area contributed by atoms with Gasteiger partial charge >= 0.3 is 0 Å². The molecule has 1 aromatic heterocycles. The molecule has 0 aliphatic carbocycles. The lowest BCUT2D eigenvalue weighted by atomic mass is 10.1. The Labute approximate surface area is 128 Å². The van der Waals surface area contributed by atoms with Crippen molar-refractivity contribution in [2.24, 2.45) is 0 Å². The second-order valence-corrected chi connectivity index (χ2v) is 5.43. The van der Waals surface area contributed by atoms with Gasteiger partial charge in [0.05, 0.1) is 5.02 Å². The Morgan fingerprint density at radius 1 is 1.33 bits per heavy atom. The van der Waals surface area contributed by atoms with Gasteiger partial charge in [0.25, 0.3) is 0 Å². The summed E-state index contributed by atoms with van der Waals surface area (Å²) in [6.07, 6.45) is 1.00. The molecule has 2 aromatic rings. The van der Waals surface area contributed by atoms with Crippen molar-refractivity contribution in [2.75, 3.05) is 18.9 Å². The van der Waals surface area contributed by atoms with Crippen molar-refractivity contribution in [1.82, 2.24) is 9.55 Å². The molecule has 0 radical (unpaired) electrons. The normalized spacial score (nSPS) is 13.5. The SMILES string of the molecule is CCCn1c(C)nc(-c2cc(Cl)c3c(c2)OCCO3)c1N. The maximum Gasteiger partial charge on any atom is 0.179 e. The van der Waals surface area contributed by atoms with Crippen molar-refractivity contribution < 1.29 is 9.47 Å². The van der Waals surface area contributed by atoms with E-state index in [4.69, 9.17) is 26.8 Å². The molecule has 21 heavy (non-hydrogen) atoms.